The molecule has 0 aromatic heterocycles. The van der Waals surface area contributed by atoms with Gasteiger partial charge in [0.05, 0.1) is 12.6 Å². The van der Waals surface area contributed by atoms with E-state index in [0.29, 0.717) is 12.5 Å². The van der Waals surface area contributed by atoms with Crippen molar-refractivity contribution in [1.29, 1.82) is 0 Å². The fourth-order valence-corrected chi connectivity index (χ4v) is 1.88. The van der Waals surface area contributed by atoms with Gasteiger partial charge in [-0.05, 0) is 25.3 Å². The van der Waals surface area contributed by atoms with E-state index in [1.165, 1.54) is 0 Å². The van der Waals surface area contributed by atoms with E-state index in [0.717, 1.165) is 19.4 Å². The zero-order chi connectivity index (χ0) is 10.6. The topological polar surface area (TPSA) is 52.6 Å². The molecule has 1 fully saturated rings. The highest BCUT2D eigenvalue weighted by atomic mass is 16.3. The minimum Gasteiger partial charge on any atom is -0.395 e. The minimum absolute atomic E-state index is 0.0311. The average Bonchev–Trinajstić information content (AvgIpc) is 2.18. The van der Waals surface area contributed by atoms with Crippen molar-refractivity contribution in [2.24, 2.45) is 5.92 Å². The summed E-state index contributed by atoms with van der Waals surface area (Å²) in [7, 11) is 1.74. The zero-order valence-corrected chi connectivity index (χ0v) is 8.99. The first-order valence-electron chi connectivity index (χ1n) is 5.26. The van der Waals surface area contributed by atoms with Crippen LogP contribution in [0, 0.1) is 5.92 Å². The number of nitrogens with one attached hydrogen (secondary N) is 1. The predicted octanol–water partition coefficient (Wildman–Crippen LogP) is -0.175. The Bertz CT molecular complexity index is 197. The lowest BCUT2D eigenvalue weighted by molar-refractivity contribution is -0.134. The first-order valence-corrected chi connectivity index (χ1v) is 5.26. The molecular formula is C10H20N2O2. The maximum Gasteiger partial charge on any atom is 0.239 e. The number of aliphatic hydroxyl groups excluding tert-OH is 1. The summed E-state index contributed by atoms with van der Waals surface area (Å²) in [6.45, 7) is 3.47. The third-order valence-corrected chi connectivity index (χ3v) is 2.85. The zero-order valence-electron chi connectivity index (χ0n) is 8.99. The Balaban J connectivity index is 2.49. The van der Waals surface area contributed by atoms with Gasteiger partial charge in [-0.1, -0.05) is 6.92 Å². The molecule has 0 radical (unpaired) electrons. The van der Waals surface area contributed by atoms with Crippen LogP contribution in [-0.2, 0) is 4.79 Å². The Morgan fingerprint density at radius 3 is 2.93 bits per heavy atom. The monoisotopic (exact) mass is 200 g/mol. The van der Waals surface area contributed by atoms with E-state index in [1.807, 2.05) is 0 Å². The van der Waals surface area contributed by atoms with E-state index in [-0.39, 0.29) is 18.6 Å². The van der Waals surface area contributed by atoms with Crippen LogP contribution in [0.15, 0.2) is 0 Å². The van der Waals surface area contributed by atoms with Crippen molar-refractivity contribution in [3.8, 4) is 0 Å². The molecule has 1 rings (SSSR count). The van der Waals surface area contributed by atoms with Crippen molar-refractivity contribution >= 4 is 5.91 Å². The molecule has 1 amide bonds. The maximum absolute atomic E-state index is 11.9. The van der Waals surface area contributed by atoms with Crippen molar-refractivity contribution in [1.82, 2.24) is 10.2 Å². The second-order valence-electron chi connectivity index (χ2n) is 4.03. The average molecular weight is 200 g/mol. The van der Waals surface area contributed by atoms with Crippen LogP contribution >= 0.6 is 0 Å². The normalized spacial score (nSPS) is 27.4. The smallest absolute Gasteiger partial charge is 0.239 e. The third-order valence-electron chi connectivity index (χ3n) is 2.85. The van der Waals surface area contributed by atoms with Crippen molar-refractivity contribution in [3.63, 3.8) is 0 Å². The molecule has 0 saturated carbocycles. The summed E-state index contributed by atoms with van der Waals surface area (Å²) >= 11 is 0. The van der Waals surface area contributed by atoms with Crippen LogP contribution in [0.3, 0.4) is 0 Å². The van der Waals surface area contributed by atoms with E-state index < -0.39 is 0 Å². The van der Waals surface area contributed by atoms with Crippen LogP contribution in [0.25, 0.3) is 0 Å². The fraction of sp³-hybridized carbons (Fsp3) is 0.900. The van der Waals surface area contributed by atoms with Crippen LogP contribution in [0.2, 0.25) is 0 Å². The van der Waals surface area contributed by atoms with Gasteiger partial charge in [-0.25, -0.2) is 0 Å². The van der Waals surface area contributed by atoms with Crippen molar-refractivity contribution in [2.45, 2.75) is 25.8 Å². The quantitative estimate of drug-likeness (QED) is 0.665. The highest BCUT2D eigenvalue weighted by molar-refractivity contribution is 5.82. The van der Waals surface area contributed by atoms with E-state index >= 15 is 0 Å². The van der Waals surface area contributed by atoms with Gasteiger partial charge < -0.3 is 15.3 Å². The number of aliphatic hydroxyl groups is 1. The van der Waals surface area contributed by atoms with Crippen LogP contribution in [0.4, 0.5) is 0 Å². The predicted molar refractivity (Wildman–Crippen MR) is 54.9 cm³/mol. The summed E-state index contributed by atoms with van der Waals surface area (Å²) in [5, 5.41) is 12.0. The van der Waals surface area contributed by atoms with Gasteiger partial charge in [-0.15, -0.1) is 0 Å². The van der Waals surface area contributed by atoms with Gasteiger partial charge in [0.15, 0.2) is 0 Å². The van der Waals surface area contributed by atoms with Crippen LogP contribution in [-0.4, -0.2) is 48.7 Å². The van der Waals surface area contributed by atoms with Gasteiger partial charge in [0.25, 0.3) is 0 Å². The maximum atomic E-state index is 11.9. The number of nitrogens with zero attached hydrogens (tertiary/aromatic N) is 1. The Hall–Kier alpha value is -0.610. The summed E-state index contributed by atoms with van der Waals surface area (Å²) < 4.78 is 0. The summed E-state index contributed by atoms with van der Waals surface area (Å²) in [5.41, 5.74) is 0. The van der Waals surface area contributed by atoms with Gasteiger partial charge in [-0.2, -0.15) is 0 Å². The molecule has 0 spiro atoms. The first-order chi connectivity index (χ1) is 6.66. The molecule has 4 heteroatoms. The van der Waals surface area contributed by atoms with Crippen molar-refractivity contribution in [2.75, 3.05) is 26.7 Å². The number of carbonyl (C=O) groups is 1. The summed E-state index contributed by atoms with van der Waals surface area (Å²) in [4.78, 5) is 13.4. The second kappa shape index (κ2) is 5.32. The van der Waals surface area contributed by atoms with E-state index in [2.05, 4.69) is 12.2 Å². The van der Waals surface area contributed by atoms with E-state index in [9.17, 15) is 4.79 Å². The van der Waals surface area contributed by atoms with E-state index in [4.69, 9.17) is 5.11 Å². The molecule has 2 N–H and O–H groups in total. The van der Waals surface area contributed by atoms with Crippen molar-refractivity contribution < 1.29 is 9.90 Å². The van der Waals surface area contributed by atoms with Crippen LogP contribution in [0.5, 0.6) is 0 Å². The molecule has 1 aliphatic heterocycles. The van der Waals surface area contributed by atoms with Crippen molar-refractivity contribution in [3.05, 3.63) is 0 Å². The molecule has 1 aliphatic rings. The fourth-order valence-electron chi connectivity index (χ4n) is 1.88. The number of hydrogen-bond donors (Lipinski definition) is 2. The number of amides is 1. The molecule has 14 heavy (non-hydrogen) atoms. The lowest BCUT2D eigenvalue weighted by Crippen LogP contribution is -2.51. The molecule has 0 aromatic rings. The molecule has 0 aromatic carbocycles. The van der Waals surface area contributed by atoms with E-state index in [1.54, 1.807) is 11.9 Å². The standard InChI is InChI=1S/C10H20N2O2/c1-8-4-3-5-11-9(8)10(14)12(2)6-7-13/h8-9,11,13H,3-7H2,1-2H3. The highest BCUT2D eigenvalue weighted by Crippen LogP contribution is 2.16. The minimum atomic E-state index is -0.0553. The molecular weight excluding hydrogens is 180 g/mol. The summed E-state index contributed by atoms with van der Waals surface area (Å²) in [6, 6.07) is -0.0553. The molecule has 2 atom stereocenters. The largest absolute Gasteiger partial charge is 0.395 e. The Morgan fingerprint density at radius 2 is 2.36 bits per heavy atom. The molecule has 1 heterocycles. The SMILES string of the molecule is CC1CCCNC1C(=O)N(C)CCO. The van der Waals surface area contributed by atoms with Gasteiger partial charge in [0.2, 0.25) is 5.91 Å². The molecule has 4 nitrogen and oxygen atoms in total. The molecule has 0 bridgehead atoms. The molecule has 0 aliphatic carbocycles. The summed E-state index contributed by atoms with van der Waals surface area (Å²) in [6.07, 6.45) is 2.25. The number of hydrogen-bond acceptors (Lipinski definition) is 3. The lowest BCUT2D eigenvalue weighted by Gasteiger charge is -2.32. The van der Waals surface area contributed by atoms with Gasteiger partial charge in [0, 0.05) is 13.6 Å². The lowest BCUT2D eigenvalue weighted by atomic mass is 9.92. The highest BCUT2D eigenvalue weighted by Gasteiger charge is 2.29. The van der Waals surface area contributed by atoms with Crippen LogP contribution < -0.4 is 5.32 Å². The first kappa shape index (κ1) is 11.5. The molecule has 1 saturated heterocycles. The number of carbonyl (C=O) groups excluding carboxylic acids is 1. The van der Waals surface area contributed by atoms with Gasteiger partial charge >= 0.3 is 0 Å². The third kappa shape index (κ3) is 2.69. The summed E-state index contributed by atoms with van der Waals surface area (Å²) in [5.74, 6) is 0.503. The number of piperidine rings is 1. The van der Waals surface area contributed by atoms with Gasteiger partial charge in [0.1, 0.15) is 0 Å². The molecule has 82 valence electrons. The second-order valence-corrected chi connectivity index (χ2v) is 4.03. The molecule has 2 unspecified atom stereocenters. The van der Waals surface area contributed by atoms with Gasteiger partial charge in [-0.3, -0.25) is 4.79 Å². The number of rotatable bonds is 3. The Morgan fingerprint density at radius 1 is 1.64 bits per heavy atom. The number of likely N-dealkylation sites (N-methyl/N-ethyl adjacent to an activating group) is 1. The Labute approximate surface area is 85.3 Å². The van der Waals surface area contributed by atoms with Crippen LogP contribution in [0.1, 0.15) is 19.8 Å². The Kier molecular flexibility index (Phi) is 4.35.